The van der Waals surface area contributed by atoms with Crippen LogP contribution in [0.3, 0.4) is 0 Å². The Morgan fingerprint density at radius 2 is 1.70 bits per heavy atom. The van der Waals surface area contributed by atoms with Gasteiger partial charge in [-0.1, -0.05) is 12.1 Å². The van der Waals surface area contributed by atoms with Gasteiger partial charge in [0.05, 0.1) is 18.8 Å². The quantitative estimate of drug-likeness (QED) is 0.709. The lowest BCUT2D eigenvalue weighted by Crippen LogP contribution is -2.51. The summed E-state index contributed by atoms with van der Waals surface area (Å²) < 4.78 is 0. The van der Waals surface area contributed by atoms with Gasteiger partial charge in [0.25, 0.3) is 0 Å². The van der Waals surface area contributed by atoms with E-state index in [1.807, 2.05) is 5.38 Å². The number of carbonyl (C=O) groups is 2. The van der Waals surface area contributed by atoms with Crippen LogP contribution in [0.2, 0.25) is 0 Å². The summed E-state index contributed by atoms with van der Waals surface area (Å²) in [6.07, 6.45) is 2.22. The van der Waals surface area contributed by atoms with E-state index in [-0.39, 0.29) is 11.8 Å². The summed E-state index contributed by atoms with van der Waals surface area (Å²) in [6.45, 7) is 8.17. The van der Waals surface area contributed by atoms with Crippen LogP contribution in [0.1, 0.15) is 24.0 Å². The molecule has 0 radical (unpaired) electrons. The molecule has 2 amide bonds. The summed E-state index contributed by atoms with van der Waals surface area (Å²) in [5.41, 5.74) is 4.44. The number of aromatic nitrogens is 1. The van der Waals surface area contributed by atoms with Gasteiger partial charge < -0.3 is 10.6 Å². The normalized spacial score (nSPS) is 17.7. The molecule has 1 saturated carbocycles. The van der Waals surface area contributed by atoms with Gasteiger partial charge in [0.1, 0.15) is 0 Å². The fourth-order valence-corrected chi connectivity index (χ4v) is 4.27. The summed E-state index contributed by atoms with van der Waals surface area (Å²) in [4.78, 5) is 33.2. The van der Waals surface area contributed by atoms with Crippen molar-refractivity contribution in [1.29, 1.82) is 0 Å². The summed E-state index contributed by atoms with van der Waals surface area (Å²) in [6, 6.07) is 6.69. The molecule has 4 rings (SSSR count). The summed E-state index contributed by atoms with van der Waals surface area (Å²) in [5, 5.41) is 8.56. The highest BCUT2D eigenvalue weighted by Gasteiger charge is 2.25. The van der Waals surface area contributed by atoms with Crippen molar-refractivity contribution in [2.24, 2.45) is 0 Å². The molecule has 1 aliphatic carbocycles. The van der Waals surface area contributed by atoms with E-state index < -0.39 is 0 Å². The zero-order valence-corrected chi connectivity index (χ0v) is 18.4. The number of hydrogen-bond acceptors (Lipinski definition) is 6. The van der Waals surface area contributed by atoms with Gasteiger partial charge in [0.2, 0.25) is 11.8 Å². The van der Waals surface area contributed by atoms with Gasteiger partial charge in [-0.3, -0.25) is 19.4 Å². The zero-order chi connectivity index (χ0) is 21.1. The highest BCUT2D eigenvalue weighted by Crippen LogP contribution is 2.26. The Morgan fingerprint density at radius 3 is 2.33 bits per heavy atom. The summed E-state index contributed by atoms with van der Waals surface area (Å²) in [7, 11) is 0. The minimum Gasteiger partial charge on any atom is -0.352 e. The molecule has 7 nitrogen and oxygen atoms in total. The Balaban J connectivity index is 1.22. The van der Waals surface area contributed by atoms with E-state index in [2.05, 4.69) is 57.5 Å². The van der Waals surface area contributed by atoms with Crippen molar-refractivity contribution >= 4 is 28.3 Å². The molecule has 2 N–H and O–H groups in total. The number of benzene rings is 1. The zero-order valence-electron chi connectivity index (χ0n) is 17.6. The van der Waals surface area contributed by atoms with E-state index in [4.69, 9.17) is 0 Å². The number of amides is 2. The van der Waals surface area contributed by atoms with Crippen LogP contribution in [-0.2, 0) is 9.59 Å². The Morgan fingerprint density at radius 1 is 1.03 bits per heavy atom. The molecule has 2 aromatic rings. The Hall–Kier alpha value is -2.29. The number of piperazine rings is 1. The molecule has 1 aromatic carbocycles. The maximum absolute atomic E-state index is 12.4. The van der Waals surface area contributed by atoms with Crippen molar-refractivity contribution in [2.45, 2.75) is 32.7 Å². The van der Waals surface area contributed by atoms with E-state index in [0.29, 0.717) is 24.3 Å². The first-order valence-corrected chi connectivity index (χ1v) is 11.4. The second kappa shape index (κ2) is 9.24. The number of thiazole rings is 1. The lowest BCUT2D eigenvalue weighted by molar-refractivity contribution is -0.123. The van der Waals surface area contributed by atoms with Gasteiger partial charge in [-0.25, -0.2) is 4.98 Å². The summed E-state index contributed by atoms with van der Waals surface area (Å²) in [5.74, 6) is 0.0722. The first kappa shape index (κ1) is 21.0. The van der Waals surface area contributed by atoms with Crippen molar-refractivity contribution in [3.05, 3.63) is 34.7 Å². The average Bonchev–Trinajstić information content (AvgIpc) is 3.40. The highest BCUT2D eigenvalue weighted by molar-refractivity contribution is 7.14. The maximum Gasteiger partial charge on any atom is 0.240 e. The van der Waals surface area contributed by atoms with Gasteiger partial charge in [-0.2, -0.15) is 0 Å². The molecule has 2 aliphatic rings. The standard InChI is InChI=1S/C22H29N5O2S/c1-15-3-4-17(11-16(15)2)19-14-30-22(24-19)25-21(29)13-27-9-7-26(8-10-27)12-20(28)23-18-5-6-18/h3-4,11,14,18H,5-10,12-13H2,1-2H3,(H,23,28)(H,24,25,29). The van der Waals surface area contributed by atoms with Crippen molar-refractivity contribution in [2.75, 3.05) is 44.6 Å². The first-order chi connectivity index (χ1) is 14.5. The molecule has 2 heterocycles. The SMILES string of the molecule is Cc1ccc(-c2csc(NC(=O)CN3CCN(CC(=O)NC4CC4)CC3)n2)cc1C. The lowest BCUT2D eigenvalue weighted by Gasteiger charge is -2.33. The van der Waals surface area contributed by atoms with Crippen LogP contribution in [0, 0.1) is 13.8 Å². The third-order valence-electron chi connectivity index (χ3n) is 5.70. The van der Waals surface area contributed by atoms with Crippen LogP contribution in [0.25, 0.3) is 11.3 Å². The van der Waals surface area contributed by atoms with E-state index >= 15 is 0 Å². The fourth-order valence-electron chi connectivity index (χ4n) is 3.54. The first-order valence-electron chi connectivity index (χ1n) is 10.5. The molecule has 30 heavy (non-hydrogen) atoms. The Bertz CT molecular complexity index is 916. The molecule has 0 unspecified atom stereocenters. The van der Waals surface area contributed by atoms with E-state index in [1.54, 1.807) is 0 Å². The lowest BCUT2D eigenvalue weighted by atomic mass is 10.1. The molecular formula is C22H29N5O2S. The Kier molecular flexibility index (Phi) is 6.46. The monoisotopic (exact) mass is 427 g/mol. The third kappa shape index (κ3) is 5.65. The van der Waals surface area contributed by atoms with Crippen molar-refractivity contribution in [3.63, 3.8) is 0 Å². The molecule has 160 valence electrons. The Labute approximate surface area is 181 Å². The molecule has 1 aliphatic heterocycles. The van der Waals surface area contributed by atoms with Crippen LogP contribution < -0.4 is 10.6 Å². The average molecular weight is 428 g/mol. The molecule has 2 fully saturated rings. The predicted octanol–water partition coefficient (Wildman–Crippen LogP) is 2.26. The number of nitrogens with one attached hydrogen (secondary N) is 2. The van der Waals surface area contributed by atoms with Crippen LogP contribution >= 0.6 is 11.3 Å². The van der Waals surface area contributed by atoms with E-state index in [0.717, 1.165) is 50.3 Å². The molecule has 1 saturated heterocycles. The van der Waals surface area contributed by atoms with Crippen molar-refractivity contribution in [3.8, 4) is 11.3 Å². The van der Waals surface area contributed by atoms with Crippen molar-refractivity contribution in [1.82, 2.24) is 20.1 Å². The maximum atomic E-state index is 12.4. The minimum absolute atomic E-state index is 0.0455. The van der Waals surface area contributed by atoms with Crippen molar-refractivity contribution < 1.29 is 9.59 Å². The number of nitrogens with zero attached hydrogens (tertiary/aromatic N) is 3. The summed E-state index contributed by atoms with van der Waals surface area (Å²) >= 11 is 1.45. The fraction of sp³-hybridized carbons (Fsp3) is 0.500. The van der Waals surface area contributed by atoms with Crippen LogP contribution in [0.4, 0.5) is 5.13 Å². The van der Waals surface area contributed by atoms with Gasteiger partial charge in [-0.15, -0.1) is 11.3 Å². The third-order valence-corrected chi connectivity index (χ3v) is 6.45. The van der Waals surface area contributed by atoms with E-state index in [9.17, 15) is 9.59 Å². The predicted molar refractivity (Wildman–Crippen MR) is 120 cm³/mol. The van der Waals surface area contributed by atoms with Crippen LogP contribution in [0.15, 0.2) is 23.6 Å². The van der Waals surface area contributed by atoms with Gasteiger partial charge in [0, 0.05) is 43.2 Å². The molecule has 0 spiro atoms. The molecular weight excluding hydrogens is 398 g/mol. The minimum atomic E-state index is -0.0455. The topological polar surface area (TPSA) is 77.6 Å². The second-order valence-electron chi connectivity index (χ2n) is 8.28. The molecule has 0 bridgehead atoms. The van der Waals surface area contributed by atoms with Gasteiger partial charge >= 0.3 is 0 Å². The van der Waals surface area contributed by atoms with Gasteiger partial charge in [0.15, 0.2) is 5.13 Å². The molecule has 1 aromatic heterocycles. The number of rotatable bonds is 7. The van der Waals surface area contributed by atoms with Crippen LogP contribution in [-0.4, -0.2) is 71.9 Å². The number of anilines is 1. The highest BCUT2D eigenvalue weighted by atomic mass is 32.1. The number of hydrogen-bond donors (Lipinski definition) is 2. The van der Waals surface area contributed by atoms with Crippen LogP contribution in [0.5, 0.6) is 0 Å². The number of aryl methyl sites for hydroxylation is 2. The number of carbonyl (C=O) groups excluding carboxylic acids is 2. The second-order valence-corrected chi connectivity index (χ2v) is 9.14. The molecule has 0 atom stereocenters. The molecule has 8 heteroatoms. The largest absolute Gasteiger partial charge is 0.352 e. The van der Waals surface area contributed by atoms with E-state index in [1.165, 1.54) is 22.5 Å². The van der Waals surface area contributed by atoms with Gasteiger partial charge in [-0.05, 0) is 43.9 Å². The smallest absolute Gasteiger partial charge is 0.240 e.